The Kier molecular flexibility index (Phi) is 6.90. The molecule has 0 spiro atoms. The van der Waals surface area contributed by atoms with E-state index >= 15 is 0 Å². The monoisotopic (exact) mass is 494 g/mol. The molecule has 188 valence electrons. The number of carbonyl (C=O) groups is 2. The maximum Gasteiger partial charge on any atom is 0.261 e. The van der Waals surface area contributed by atoms with Gasteiger partial charge in [0.15, 0.2) is 5.82 Å². The lowest BCUT2D eigenvalue weighted by atomic mass is 9.89. The van der Waals surface area contributed by atoms with E-state index in [0.717, 1.165) is 65.4 Å². The van der Waals surface area contributed by atoms with Gasteiger partial charge in [-0.25, -0.2) is 0 Å². The fraction of sp³-hybridized carbons (Fsp3) is 0.310. The van der Waals surface area contributed by atoms with Crippen LogP contribution in [0.25, 0.3) is 33.3 Å². The van der Waals surface area contributed by atoms with Gasteiger partial charge in [0.1, 0.15) is 0 Å². The van der Waals surface area contributed by atoms with Gasteiger partial charge in [-0.3, -0.25) is 14.5 Å². The second-order valence-electron chi connectivity index (χ2n) is 9.35. The summed E-state index contributed by atoms with van der Waals surface area (Å²) in [5.41, 5.74) is 4.74. The van der Waals surface area contributed by atoms with Crippen LogP contribution in [0.15, 0.2) is 48.5 Å². The summed E-state index contributed by atoms with van der Waals surface area (Å²) in [7, 11) is 0. The average Bonchev–Trinajstić information content (AvgIpc) is 2.92. The Morgan fingerprint density at radius 3 is 2.14 bits per heavy atom. The van der Waals surface area contributed by atoms with Gasteiger partial charge in [0.25, 0.3) is 11.8 Å². The van der Waals surface area contributed by atoms with Crippen LogP contribution in [0.4, 0.5) is 5.69 Å². The summed E-state index contributed by atoms with van der Waals surface area (Å²) in [4.78, 5) is 28.3. The van der Waals surface area contributed by atoms with E-state index in [9.17, 15) is 9.59 Å². The molecule has 2 heterocycles. The van der Waals surface area contributed by atoms with Crippen molar-refractivity contribution in [3.8, 4) is 22.5 Å². The van der Waals surface area contributed by atoms with Gasteiger partial charge in [-0.1, -0.05) is 51.0 Å². The number of hydrogen-bond donors (Lipinski definition) is 1. The summed E-state index contributed by atoms with van der Waals surface area (Å²) >= 11 is 0. The Balaban J connectivity index is 1.62. The van der Waals surface area contributed by atoms with Crippen molar-refractivity contribution in [1.82, 2.24) is 25.3 Å². The van der Waals surface area contributed by atoms with Gasteiger partial charge in [-0.15, -0.1) is 20.4 Å². The molecule has 4 aromatic rings. The minimum Gasteiger partial charge on any atom is -0.385 e. The first-order chi connectivity index (χ1) is 18.0. The summed E-state index contributed by atoms with van der Waals surface area (Å²) in [6.07, 6.45) is 3.79. The average molecular weight is 495 g/mol. The molecule has 0 atom stereocenters. The van der Waals surface area contributed by atoms with Crippen LogP contribution < -0.4 is 5.32 Å². The first kappa shape index (κ1) is 24.5. The summed E-state index contributed by atoms with van der Waals surface area (Å²) in [6.45, 7) is 7.19. The van der Waals surface area contributed by atoms with Crippen molar-refractivity contribution in [3.63, 3.8) is 0 Å². The van der Waals surface area contributed by atoms with E-state index in [1.807, 2.05) is 42.5 Å². The second-order valence-corrected chi connectivity index (χ2v) is 9.35. The maximum absolute atomic E-state index is 13.6. The molecule has 1 N–H and O–H groups in total. The molecule has 1 aliphatic heterocycles. The largest absolute Gasteiger partial charge is 0.385 e. The topological polar surface area (TPSA) is 101 Å². The van der Waals surface area contributed by atoms with Crippen LogP contribution in [0.5, 0.6) is 0 Å². The predicted molar refractivity (Wildman–Crippen MR) is 144 cm³/mol. The van der Waals surface area contributed by atoms with E-state index in [0.29, 0.717) is 29.3 Å². The lowest BCUT2D eigenvalue weighted by Crippen LogP contribution is -2.40. The van der Waals surface area contributed by atoms with Gasteiger partial charge < -0.3 is 5.32 Å². The number of anilines is 1. The Morgan fingerprint density at radius 1 is 0.757 bits per heavy atom. The zero-order valence-electron chi connectivity index (χ0n) is 21.4. The summed E-state index contributed by atoms with van der Waals surface area (Å²) in [5.74, 6) is 0.529. The first-order valence-corrected chi connectivity index (χ1v) is 12.9. The number of nitrogens with zero attached hydrogens (tertiary/aromatic N) is 5. The zero-order valence-corrected chi connectivity index (χ0v) is 21.4. The van der Waals surface area contributed by atoms with Gasteiger partial charge in [0, 0.05) is 46.2 Å². The summed E-state index contributed by atoms with van der Waals surface area (Å²) < 4.78 is 0. The highest BCUT2D eigenvalue weighted by molar-refractivity contribution is 6.27. The molecule has 2 amide bonds. The molecule has 8 heteroatoms. The highest BCUT2D eigenvalue weighted by atomic mass is 16.2. The molecule has 0 aliphatic carbocycles. The third kappa shape index (κ3) is 4.67. The van der Waals surface area contributed by atoms with Crippen molar-refractivity contribution in [2.75, 3.05) is 18.4 Å². The fourth-order valence-electron chi connectivity index (χ4n) is 4.66. The number of aromatic nitrogens is 4. The van der Waals surface area contributed by atoms with Crippen LogP contribution in [-0.2, 0) is 0 Å². The number of nitrogens with one attached hydrogen (secondary N) is 1. The van der Waals surface area contributed by atoms with Gasteiger partial charge in [-0.2, -0.15) is 0 Å². The molecule has 37 heavy (non-hydrogen) atoms. The van der Waals surface area contributed by atoms with E-state index in [-0.39, 0.29) is 11.8 Å². The first-order valence-electron chi connectivity index (χ1n) is 12.9. The number of imide groups is 1. The molecular weight excluding hydrogens is 464 g/mol. The lowest BCUT2D eigenvalue weighted by Gasteiger charge is -2.28. The lowest BCUT2D eigenvalue weighted by molar-refractivity contribution is 0.0608. The number of amides is 2. The van der Waals surface area contributed by atoms with E-state index in [1.54, 1.807) is 6.92 Å². The second kappa shape index (κ2) is 10.4. The molecule has 1 aromatic heterocycles. The van der Waals surface area contributed by atoms with Crippen molar-refractivity contribution < 1.29 is 9.59 Å². The SMILES string of the molecule is CCCCNc1ccc2c3c(cc(-c4ccc(-c5nnc(C)nn5)cc4)cc13)C(=O)N(CCCC)C2=O. The van der Waals surface area contributed by atoms with Crippen molar-refractivity contribution >= 4 is 28.3 Å². The Labute approximate surface area is 216 Å². The number of benzene rings is 3. The van der Waals surface area contributed by atoms with Gasteiger partial charge >= 0.3 is 0 Å². The Bertz CT molecular complexity index is 1470. The van der Waals surface area contributed by atoms with Crippen LogP contribution in [0.2, 0.25) is 0 Å². The van der Waals surface area contributed by atoms with Crippen LogP contribution in [0.3, 0.4) is 0 Å². The molecule has 0 fully saturated rings. The van der Waals surface area contributed by atoms with Crippen molar-refractivity contribution in [2.45, 2.75) is 46.5 Å². The van der Waals surface area contributed by atoms with Crippen LogP contribution in [-0.4, -0.2) is 50.2 Å². The normalized spacial score (nSPS) is 12.9. The fourth-order valence-corrected chi connectivity index (χ4v) is 4.66. The van der Waals surface area contributed by atoms with Crippen molar-refractivity contribution in [2.24, 2.45) is 0 Å². The van der Waals surface area contributed by atoms with Crippen molar-refractivity contribution in [1.29, 1.82) is 0 Å². The highest BCUT2D eigenvalue weighted by Gasteiger charge is 2.33. The maximum atomic E-state index is 13.6. The number of rotatable bonds is 9. The zero-order chi connectivity index (χ0) is 25.9. The molecule has 5 rings (SSSR count). The summed E-state index contributed by atoms with van der Waals surface area (Å²) in [5, 5.41) is 21.4. The molecule has 0 bridgehead atoms. The van der Waals surface area contributed by atoms with Gasteiger partial charge in [0.05, 0.1) is 0 Å². The molecule has 0 saturated heterocycles. The van der Waals surface area contributed by atoms with E-state index in [1.165, 1.54) is 4.90 Å². The molecule has 3 aromatic carbocycles. The van der Waals surface area contributed by atoms with Crippen LogP contribution >= 0.6 is 0 Å². The smallest absolute Gasteiger partial charge is 0.261 e. The molecule has 0 saturated carbocycles. The molecular formula is C29H30N6O2. The van der Waals surface area contributed by atoms with Gasteiger partial charge in [0.2, 0.25) is 5.82 Å². The van der Waals surface area contributed by atoms with E-state index in [4.69, 9.17) is 0 Å². The Morgan fingerprint density at radius 2 is 1.43 bits per heavy atom. The summed E-state index contributed by atoms with van der Waals surface area (Å²) in [6, 6.07) is 15.6. The third-order valence-corrected chi connectivity index (χ3v) is 6.70. The van der Waals surface area contributed by atoms with E-state index < -0.39 is 0 Å². The van der Waals surface area contributed by atoms with Crippen LogP contribution in [0, 0.1) is 6.92 Å². The molecule has 8 nitrogen and oxygen atoms in total. The van der Waals surface area contributed by atoms with Crippen molar-refractivity contribution in [3.05, 3.63) is 65.5 Å². The van der Waals surface area contributed by atoms with Gasteiger partial charge in [-0.05, 0) is 55.2 Å². The molecule has 0 radical (unpaired) electrons. The standard InChI is InChI=1S/C29H30N6O2/c1-4-6-14-30-25-13-12-22-26-23(25)16-21(17-24(26)29(37)35(28(22)36)15-7-5-2)19-8-10-20(11-9-19)27-33-31-18(3)32-34-27/h8-13,16-17,30H,4-7,14-15H2,1-3H3. The third-order valence-electron chi connectivity index (χ3n) is 6.70. The molecule has 1 aliphatic rings. The number of aryl methyl sites for hydroxylation is 1. The number of carbonyl (C=O) groups excluding carboxylic acids is 2. The number of unbranched alkanes of at least 4 members (excludes halogenated alkanes) is 2. The highest BCUT2D eigenvalue weighted by Crippen LogP contribution is 2.38. The Hall–Kier alpha value is -4.20. The quantitative estimate of drug-likeness (QED) is 0.236. The molecule has 0 unspecified atom stereocenters. The van der Waals surface area contributed by atoms with Crippen LogP contribution in [0.1, 0.15) is 66.1 Å². The number of hydrogen-bond acceptors (Lipinski definition) is 7. The minimum atomic E-state index is -0.231. The predicted octanol–water partition coefficient (Wildman–Crippen LogP) is 5.67. The minimum absolute atomic E-state index is 0.214. The van der Waals surface area contributed by atoms with E-state index in [2.05, 4.69) is 45.6 Å².